The zero-order valence-electron chi connectivity index (χ0n) is 18.5. The first-order valence-corrected chi connectivity index (χ1v) is 10.7. The molecule has 7 heteroatoms. The lowest BCUT2D eigenvalue weighted by molar-refractivity contribution is -0.133. The second kappa shape index (κ2) is 8.13. The average molecular weight is 424 g/mol. The summed E-state index contributed by atoms with van der Waals surface area (Å²) in [5, 5.41) is 3.12. The van der Waals surface area contributed by atoms with Crippen LogP contribution in [0.4, 0.5) is 0 Å². The third-order valence-electron chi connectivity index (χ3n) is 6.16. The van der Waals surface area contributed by atoms with Gasteiger partial charge in [-0.3, -0.25) is 9.59 Å². The molecule has 0 saturated heterocycles. The fourth-order valence-corrected chi connectivity index (χ4v) is 4.41. The molecule has 0 aliphatic carbocycles. The number of fused-ring (bicyclic) bond motifs is 3. The van der Waals surface area contributed by atoms with Gasteiger partial charge in [0.15, 0.2) is 5.58 Å². The number of carbonyl (C=O) groups excluding carboxylic acids is 2. The molecule has 0 radical (unpaired) electrons. The first-order chi connectivity index (χ1) is 14.9. The van der Waals surface area contributed by atoms with Gasteiger partial charge in [0.05, 0.1) is 32.0 Å². The zero-order chi connectivity index (χ0) is 22.2. The fourth-order valence-electron chi connectivity index (χ4n) is 4.41. The molecule has 1 aliphatic heterocycles. The molecule has 3 aromatic rings. The van der Waals surface area contributed by atoms with E-state index in [1.807, 2.05) is 48.7 Å². The van der Waals surface area contributed by atoms with E-state index in [4.69, 9.17) is 9.15 Å². The number of aromatic nitrogens is 1. The highest BCUT2D eigenvalue weighted by Crippen LogP contribution is 2.35. The molecule has 1 aliphatic rings. The number of hydrogen-bond acceptors (Lipinski definition) is 4. The number of rotatable bonds is 7. The standard InChI is InChI=1S/C24H29N3O4/c1-5-8-16(2)25-23(29)24(3)15-26-18-11-12-31-21(18)13-19(26)22(28)27(24)14-17-9-6-7-10-20(17)30-4/h6-7,9-13,16H,5,8,14-15H2,1-4H3,(H,25,29). The molecule has 2 aromatic heterocycles. The summed E-state index contributed by atoms with van der Waals surface area (Å²) < 4.78 is 12.9. The number of nitrogens with one attached hydrogen (secondary N) is 1. The van der Waals surface area contributed by atoms with Gasteiger partial charge < -0.3 is 23.9 Å². The van der Waals surface area contributed by atoms with Crippen LogP contribution in [0.5, 0.6) is 5.75 Å². The SMILES string of the molecule is CCCC(C)NC(=O)C1(C)Cn2c(cc3occc32)C(=O)N1Cc1ccccc1OC. The van der Waals surface area contributed by atoms with E-state index >= 15 is 0 Å². The lowest BCUT2D eigenvalue weighted by Gasteiger charge is -2.44. The molecule has 1 N–H and O–H groups in total. The Balaban J connectivity index is 1.77. The molecule has 164 valence electrons. The van der Waals surface area contributed by atoms with Gasteiger partial charge in [-0.05, 0) is 26.3 Å². The number of methoxy groups -OCH3 is 1. The van der Waals surface area contributed by atoms with Crippen LogP contribution in [0.15, 0.2) is 47.1 Å². The molecule has 31 heavy (non-hydrogen) atoms. The van der Waals surface area contributed by atoms with Gasteiger partial charge >= 0.3 is 0 Å². The van der Waals surface area contributed by atoms with Crippen molar-refractivity contribution in [3.63, 3.8) is 0 Å². The summed E-state index contributed by atoms with van der Waals surface area (Å²) in [5.74, 6) is 0.323. The van der Waals surface area contributed by atoms with Crippen LogP contribution in [0.2, 0.25) is 0 Å². The number of carbonyl (C=O) groups is 2. The van der Waals surface area contributed by atoms with E-state index in [0.717, 1.165) is 23.9 Å². The quantitative estimate of drug-likeness (QED) is 0.624. The summed E-state index contributed by atoms with van der Waals surface area (Å²) in [4.78, 5) is 28.9. The van der Waals surface area contributed by atoms with Gasteiger partial charge in [0.1, 0.15) is 17.0 Å². The molecule has 0 bridgehead atoms. The highest BCUT2D eigenvalue weighted by atomic mass is 16.5. The van der Waals surface area contributed by atoms with Crippen LogP contribution in [0.3, 0.4) is 0 Å². The maximum Gasteiger partial charge on any atom is 0.271 e. The number of para-hydroxylation sites is 1. The van der Waals surface area contributed by atoms with Gasteiger partial charge in [0.2, 0.25) is 5.91 Å². The van der Waals surface area contributed by atoms with Crippen molar-refractivity contribution in [1.82, 2.24) is 14.8 Å². The van der Waals surface area contributed by atoms with Gasteiger partial charge in [-0.25, -0.2) is 0 Å². The Labute approximate surface area is 182 Å². The van der Waals surface area contributed by atoms with E-state index in [1.165, 1.54) is 0 Å². The van der Waals surface area contributed by atoms with Gasteiger partial charge in [-0.15, -0.1) is 0 Å². The summed E-state index contributed by atoms with van der Waals surface area (Å²) >= 11 is 0. The number of nitrogens with zero attached hydrogens (tertiary/aromatic N) is 2. The third-order valence-corrected chi connectivity index (χ3v) is 6.16. The molecule has 2 unspecified atom stereocenters. The van der Waals surface area contributed by atoms with Crippen molar-refractivity contribution in [3.05, 3.63) is 53.9 Å². The van der Waals surface area contributed by atoms with Gasteiger partial charge in [0, 0.05) is 23.7 Å². The Morgan fingerprint density at radius 3 is 2.84 bits per heavy atom. The molecule has 4 rings (SSSR count). The maximum atomic E-state index is 13.7. The second-order valence-electron chi connectivity index (χ2n) is 8.43. The predicted molar refractivity (Wildman–Crippen MR) is 118 cm³/mol. The molecule has 1 aromatic carbocycles. The Hall–Kier alpha value is -3.22. The van der Waals surface area contributed by atoms with Crippen LogP contribution in [-0.4, -0.2) is 40.0 Å². The van der Waals surface area contributed by atoms with Crippen molar-refractivity contribution in [2.75, 3.05) is 7.11 Å². The van der Waals surface area contributed by atoms with Gasteiger partial charge in [-0.2, -0.15) is 0 Å². The minimum Gasteiger partial charge on any atom is -0.496 e. The van der Waals surface area contributed by atoms with Crippen molar-refractivity contribution in [3.8, 4) is 5.75 Å². The number of amides is 2. The largest absolute Gasteiger partial charge is 0.496 e. The molecule has 2 amide bonds. The van der Waals surface area contributed by atoms with Crippen LogP contribution in [0.25, 0.3) is 11.1 Å². The molecule has 7 nitrogen and oxygen atoms in total. The van der Waals surface area contributed by atoms with Crippen LogP contribution in [-0.2, 0) is 17.9 Å². The van der Waals surface area contributed by atoms with E-state index in [1.54, 1.807) is 24.3 Å². The summed E-state index contributed by atoms with van der Waals surface area (Å²) in [5.41, 5.74) is 1.76. The Morgan fingerprint density at radius 1 is 1.32 bits per heavy atom. The summed E-state index contributed by atoms with van der Waals surface area (Å²) in [6.07, 6.45) is 3.45. The lowest BCUT2D eigenvalue weighted by atomic mass is 9.93. The molecule has 3 heterocycles. The molecule has 2 atom stereocenters. The molecule has 0 fully saturated rings. The highest BCUT2D eigenvalue weighted by Gasteiger charge is 2.48. The minimum atomic E-state index is -1.07. The second-order valence-corrected chi connectivity index (χ2v) is 8.43. The molecular formula is C24H29N3O4. The summed E-state index contributed by atoms with van der Waals surface area (Å²) in [7, 11) is 1.61. The Morgan fingerprint density at radius 2 is 2.10 bits per heavy atom. The van der Waals surface area contributed by atoms with Gasteiger partial charge in [-0.1, -0.05) is 31.5 Å². The number of furan rings is 1. The number of benzene rings is 1. The van der Waals surface area contributed by atoms with E-state index in [-0.39, 0.29) is 24.4 Å². The van der Waals surface area contributed by atoms with Crippen LogP contribution in [0, 0.1) is 0 Å². The summed E-state index contributed by atoms with van der Waals surface area (Å²) in [6, 6.07) is 11.2. The first kappa shape index (κ1) is 21.0. The third kappa shape index (κ3) is 3.58. The van der Waals surface area contributed by atoms with Crippen molar-refractivity contribution in [2.45, 2.75) is 58.3 Å². The Kier molecular flexibility index (Phi) is 5.52. The highest BCUT2D eigenvalue weighted by molar-refractivity contribution is 6.02. The van der Waals surface area contributed by atoms with E-state index < -0.39 is 5.54 Å². The number of ether oxygens (including phenoxy) is 1. The number of hydrogen-bond donors (Lipinski definition) is 1. The van der Waals surface area contributed by atoms with Crippen molar-refractivity contribution in [1.29, 1.82) is 0 Å². The molecular weight excluding hydrogens is 394 g/mol. The maximum absolute atomic E-state index is 13.7. The molecule has 0 saturated carbocycles. The van der Waals surface area contributed by atoms with E-state index in [9.17, 15) is 9.59 Å². The van der Waals surface area contributed by atoms with Crippen molar-refractivity contribution < 1.29 is 18.7 Å². The first-order valence-electron chi connectivity index (χ1n) is 10.7. The topological polar surface area (TPSA) is 76.7 Å². The van der Waals surface area contributed by atoms with Crippen LogP contribution in [0.1, 0.15) is 49.7 Å². The molecule has 0 spiro atoms. The normalized spacial score (nSPS) is 19.4. The van der Waals surface area contributed by atoms with Crippen LogP contribution >= 0.6 is 0 Å². The minimum absolute atomic E-state index is 0.0255. The van der Waals surface area contributed by atoms with Crippen molar-refractivity contribution in [2.24, 2.45) is 0 Å². The predicted octanol–water partition coefficient (Wildman–Crippen LogP) is 3.96. The van der Waals surface area contributed by atoms with Crippen LogP contribution < -0.4 is 10.1 Å². The fraction of sp³-hybridized carbons (Fsp3) is 0.417. The lowest BCUT2D eigenvalue weighted by Crippen LogP contribution is -2.64. The monoisotopic (exact) mass is 423 g/mol. The average Bonchev–Trinajstić information content (AvgIpc) is 3.34. The van der Waals surface area contributed by atoms with E-state index in [0.29, 0.717) is 23.6 Å². The zero-order valence-corrected chi connectivity index (χ0v) is 18.5. The van der Waals surface area contributed by atoms with Crippen molar-refractivity contribution >= 4 is 22.9 Å². The smallest absolute Gasteiger partial charge is 0.271 e. The van der Waals surface area contributed by atoms with E-state index in [2.05, 4.69) is 12.2 Å². The Bertz CT molecular complexity index is 1120. The summed E-state index contributed by atoms with van der Waals surface area (Å²) in [6.45, 7) is 6.53. The van der Waals surface area contributed by atoms with Gasteiger partial charge in [0.25, 0.3) is 5.91 Å².